The van der Waals surface area contributed by atoms with Gasteiger partial charge in [0, 0.05) is 11.1 Å². The average molecular weight is 280 g/mol. The van der Waals surface area contributed by atoms with Crippen molar-refractivity contribution >= 4 is 5.78 Å². The molecule has 3 rings (SSSR count). The number of ketones is 1. The average Bonchev–Trinajstić information content (AvgIpc) is 2.98. The van der Waals surface area contributed by atoms with Crippen LogP contribution in [-0.2, 0) is 0 Å². The highest BCUT2D eigenvalue weighted by atomic mass is 19.1. The molecule has 3 nitrogen and oxygen atoms in total. The van der Waals surface area contributed by atoms with E-state index < -0.39 is 0 Å². The van der Waals surface area contributed by atoms with Crippen LogP contribution in [0.25, 0.3) is 22.6 Å². The van der Waals surface area contributed by atoms with Gasteiger partial charge in [-0.25, -0.2) is 9.37 Å². The SMILES string of the molecule is CC(=O)c1ccc(-c2cnc(-c3ccc(F)cc3)[nH]2)cc1. The quantitative estimate of drug-likeness (QED) is 0.735. The zero-order valence-electron chi connectivity index (χ0n) is 11.4. The standard InChI is InChI=1S/C17H13FN2O/c1-11(21)12-2-4-13(5-3-12)16-10-19-17(20-16)14-6-8-15(18)9-7-14/h2-10H,1H3,(H,19,20). The summed E-state index contributed by atoms with van der Waals surface area (Å²) < 4.78 is 12.9. The van der Waals surface area contributed by atoms with Gasteiger partial charge in [0.25, 0.3) is 0 Å². The predicted octanol–water partition coefficient (Wildman–Crippen LogP) is 4.09. The highest BCUT2D eigenvalue weighted by Crippen LogP contribution is 2.22. The second-order valence-corrected chi connectivity index (χ2v) is 4.79. The van der Waals surface area contributed by atoms with E-state index in [-0.39, 0.29) is 11.6 Å². The van der Waals surface area contributed by atoms with Crippen molar-refractivity contribution in [3.8, 4) is 22.6 Å². The lowest BCUT2D eigenvalue weighted by molar-refractivity contribution is 0.101. The zero-order valence-corrected chi connectivity index (χ0v) is 11.4. The van der Waals surface area contributed by atoms with Crippen molar-refractivity contribution in [3.05, 3.63) is 66.1 Å². The predicted molar refractivity (Wildman–Crippen MR) is 79.4 cm³/mol. The number of imidazole rings is 1. The van der Waals surface area contributed by atoms with Crippen molar-refractivity contribution in [2.75, 3.05) is 0 Å². The summed E-state index contributed by atoms with van der Waals surface area (Å²) in [5.74, 6) is 0.448. The second kappa shape index (κ2) is 5.32. The van der Waals surface area contributed by atoms with E-state index in [0.717, 1.165) is 16.8 Å². The Morgan fingerprint density at radius 3 is 2.24 bits per heavy atom. The van der Waals surface area contributed by atoms with Gasteiger partial charge in [-0.05, 0) is 36.8 Å². The van der Waals surface area contributed by atoms with Crippen molar-refractivity contribution in [3.63, 3.8) is 0 Å². The Morgan fingerprint density at radius 1 is 1.00 bits per heavy atom. The minimum atomic E-state index is -0.273. The van der Waals surface area contributed by atoms with Crippen LogP contribution in [0.15, 0.2) is 54.7 Å². The van der Waals surface area contributed by atoms with Crippen molar-refractivity contribution < 1.29 is 9.18 Å². The summed E-state index contributed by atoms with van der Waals surface area (Å²) >= 11 is 0. The molecule has 0 atom stereocenters. The van der Waals surface area contributed by atoms with Gasteiger partial charge < -0.3 is 4.98 Å². The van der Waals surface area contributed by atoms with Crippen molar-refractivity contribution in [1.29, 1.82) is 0 Å². The van der Waals surface area contributed by atoms with Gasteiger partial charge in [0.05, 0.1) is 11.9 Å². The molecule has 104 valence electrons. The van der Waals surface area contributed by atoms with Crippen molar-refractivity contribution in [2.24, 2.45) is 0 Å². The fourth-order valence-electron chi connectivity index (χ4n) is 2.11. The molecule has 0 fully saturated rings. The topological polar surface area (TPSA) is 45.8 Å². The molecule has 4 heteroatoms. The minimum Gasteiger partial charge on any atom is -0.338 e. The smallest absolute Gasteiger partial charge is 0.159 e. The van der Waals surface area contributed by atoms with E-state index in [1.807, 2.05) is 12.1 Å². The van der Waals surface area contributed by atoms with Gasteiger partial charge in [-0.15, -0.1) is 0 Å². The molecule has 0 aliphatic rings. The Balaban J connectivity index is 1.90. The van der Waals surface area contributed by atoms with Crippen LogP contribution < -0.4 is 0 Å². The van der Waals surface area contributed by atoms with E-state index in [4.69, 9.17) is 0 Å². The van der Waals surface area contributed by atoms with E-state index in [1.54, 1.807) is 30.5 Å². The lowest BCUT2D eigenvalue weighted by atomic mass is 10.1. The van der Waals surface area contributed by atoms with E-state index in [0.29, 0.717) is 11.4 Å². The summed E-state index contributed by atoms with van der Waals surface area (Å²) in [5.41, 5.74) is 3.30. The second-order valence-electron chi connectivity index (χ2n) is 4.79. The number of rotatable bonds is 3. The number of benzene rings is 2. The molecule has 1 heterocycles. The van der Waals surface area contributed by atoms with Crippen LogP contribution in [0.5, 0.6) is 0 Å². The maximum Gasteiger partial charge on any atom is 0.159 e. The Kier molecular flexibility index (Phi) is 3.36. The third-order valence-corrected chi connectivity index (χ3v) is 3.30. The van der Waals surface area contributed by atoms with Crippen LogP contribution in [0.4, 0.5) is 4.39 Å². The van der Waals surface area contributed by atoms with E-state index in [9.17, 15) is 9.18 Å². The summed E-state index contributed by atoms with van der Waals surface area (Å²) in [6.07, 6.45) is 1.72. The first kappa shape index (κ1) is 13.2. The summed E-state index contributed by atoms with van der Waals surface area (Å²) in [4.78, 5) is 18.8. The van der Waals surface area contributed by atoms with E-state index in [1.165, 1.54) is 19.1 Å². The summed E-state index contributed by atoms with van der Waals surface area (Å²) in [6.45, 7) is 1.54. The molecule has 0 aliphatic heterocycles. The molecule has 3 aromatic rings. The van der Waals surface area contributed by atoms with Gasteiger partial charge in [-0.2, -0.15) is 0 Å². The number of Topliss-reactive ketones (excluding diaryl/α,β-unsaturated/α-hetero) is 1. The van der Waals surface area contributed by atoms with Crippen molar-refractivity contribution in [1.82, 2.24) is 9.97 Å². The van der Waals surface area contributed by atoms with Crippen LogP contribution in [0.1, 0.15) is 17.3 Å². The first-order chi connectivity index (χ1) is 10.1. The van der Waals surface area contributed by atoms with Gasteiger partial charge >= 0.3 is 0 Å². The Morgan fingerprint density at radius 2 is 1.62 bits per heavy atom. The molecule has 0 amide bonds. The molecule has 0 bridgehead atoms. The van der Waals surface area contributed by atoms with Gasteiger partial charge in [0.1, 0.15) is 11.6 Å². The number of nitrogens with one attached hydrogen (secondary N) is 1. The number of aromatic amines is 1. The van der Waals surface area contributed by atoms with Crippen molar-refractivity contribution in [2.45, 2.75) is 6.92 Å². The molecule has 1 N–H and O–H groups in total. The van der Waals surface area contributed by atoms with E-state index >= 15 is 0 Å². The molecule has 0 saturated heterocycles. The van der Waals surface area contributed by atoms with Crippen LogP contribution >= 0.6 is 0 Å². The molecule has 0 radical (unpaired) electrons. The largest absolute Gasteiger partial charge is 0.338 e. The molecule has 0 aliphatic carbocycles. The number of hydrogen-bond donors (Lipinski definition) is 1. The molecule has 0 saturated carbocycles. The summed E-state index contributed by atoms with van der Waals surface area (Å²) in [7, 11) is 0. The molecular formula is C17H13FN2O. The van der Waals surface area contributed by atoms with Crippen LogP contribution in [0.3, 0.4) is 0 Å². The highest BCUT2D eigenvalue weighted by Gasteiger charge is 2.06. The fourth-order valence-corrected chi connectivity index (χ4v) is 2.11. The first-order valence-electron chi connectivity index (χ1n) is 6.56. The Hall–Kier alpha value is -2.75. The maximum atomic E-state index is 12.9. The van der Waals surface area contributed by atoms with Crippen LogP contribution in [-0.4, -0.2) is 15.8 Å². The van der Waals surface area contributed by atoms with Gasteiger partial charge in [-0.3, -0.25) is 4.79 Å². The molecule has 21 heavy (non-hydrogen) atoms. The molecular weight excluding hydrogens is 267 g/mol. The number of carbonyl (C=O) groups is 1. The monoisotopic (exact) mass is 280 g/mol. The van der Waals surface area contributed by atoms with Crippen LogP contribution in [0.2, 0.25) is 0 Å². The lowest BCUT2D eigenvalue weighted by Crippen LogP contribution is -1.90. The minimum absolute atomic E-state index is 0.0400. The van der Waals surface area contributed by atoms with Gasteiger partial charge in [0.15, 0.2) is 5.78 Å². The number of carbonyl (C=O) groups excluding carboxylic acids is 1. The third-order valence-electron chi connectivity index (χ3n) is 3.30. The summed E-state index contributed by atoms with van der Waals surface area (Å²) in [6, 6.07) is 13.5. The maximum absolute atomic E-state index is 12.9. The number of aromatic nitrogens is 2. The van der Waals surface area contributed by atoms with E-state index in [2.05, 4.69) is 9.97 Å². The number of nitrogens with zero attached hydrogens (tertiary/aromatic N) is 1. The number of halogens is 1. The third kappa shape index (κ3) is 2.74. The fraction of sp³-hybridized carbons (Fsp3) is 0.0588. The molecule has 2 aromatic carbocycles. The number of hydrogen-bond acceptors (Lipinski definition) is 2. The number of H-pyrrole nitrogens is 1. The molecule has 1 aromatic heterocycles. The summed E-state index contributed by atoms with van der Waals surface area (Å²) in [5, 5.41) is 0. The highest BCUT2D eigenvalue weighted by molar-refractivity contribution is 5.94. The first-order valence-corrected chi connectivity index (χ1v) is 6.56. The molecule has 0 spiro atoms. The van der Waals surface area contributed by atoms with Gasteiger partial charge in [-0.1, -0.05) is 24.3 Å². The van der Waals surface area contributed by atoms with Crippen LogP contribution in [0, 0.1) is 5.82 Å². The normalized spacial score (nSPS) is 10.6. The Bertz CT molecular complexity index is 773. The molecule has 0 unspecified atom stereocenters. The zero-order chi connectivity index (χ0) is 14.8. The Labute approximate surface area is 121 Å². The lowest BCUT2D eigenvalue weighted by Gasteiger charge is -2.00. The van der Waals surface area contributed by atoms with Gasteiger partial charge in [0.2, 0.25) is 0 Å².